The molecule has 0 fully saturated rings. The second kappa shape index (κ2) is 6.44. The molecule has 6 nitrogen and oxygen atoms in total. The van der Waals surface area contributed by atoms with Crippen molar-refractivity contribution >= 4 is 11.6 Å². The molecule has 156 valence electrons. The Morgan fingerprint density at radius 1 is 1.03 bits per heavy atom. The number of hydrogen-bond acceptors (Lipinski definition) is 5. The van der Waals surface area contributed by atoms with Gasteiger partial charge in [-0.05, 0) is 30.7 Å². The molecule has 0 saturated carbocycles. The molecule has 6 rings (SSSR count). The van der Waals surface area contributed by atoms with E-state index in [4.69, 9.17) is 14.2 Å². The number of hydrogen-bond donors (Lipinski definition) is 0. The van der Waals surface area contributed by atoms with Gasteiger partial charge in [0.05, 0.1) is 17.9 Å². The minimum atomic E-state index is -1.13. The van der Waals surface area contributed by atoms with Gasteiger partial charge < -0.3 is 19.1 Å². The highest BCUT2D eigenvalue weighted by Gasteiger charge is 2.58. The lowest BCUT2D eigenvalue weighted by molar-refractivity contribution is -0.122. The number of aryl methyl sites for hydroxylation is 1. The first-order chi connectivity index (χ1) is 15.1. The first-order valence-electron chi connectivity index (χ1n) is 10.2. The zero-order valence-corrected chi connectivity index (χ0v) is 16.9. The summed E-state index contributed by atoms with van der Waals surface area (Å²) in [6.07, 6.45) is 1.68. The van der Waals surface area contributed by atoms with Crippen LogP contribution in [0, 0.1) is 12.7 Å². The van der Waals surface area contributed by atoms with Gasteiger partial charge in [-0.2, -0.15) is 0 Å². The molecule has 3 aromatic rings. The highest BCUT2D eigenvalue weighted by Crippen LogP contribution is 2.55. The second-order valence-electron chi connectivity index (χ2n) is 7.98. The summed E-state index contributed by atoms with van der Waals surface area (Å²) in [6.45, 7) is 3.10. The summed E-state index contributed by atoms with van der Waals surface area (Å²) < 4.78 is 32.5. The summed E-state index contributed by atoms with van der Waals surface area (Å²) in [4.78, 5) is 19.9. The van der Waals surface area contributed by atoms with Gasteiger partial charge in [-0.25, -0.2) is 4.39 Å². The predicted octanol–water partition coefficient (Wildman–Crippen LogP) is 3.53. The topological polar surface area (TPSA) is 60.9 Å². The van der Waals surface area contributed by atoms with Gasteiger partial charge in [-0.3, -0.25) is 9.78 Å². The van der Waals surface area contributed by atoms with Gasteiger partial charge in [0.25, 0.3) is 0 Å². The van der Waals surface area contributed by atoms with Crippen molar-refractivity contribution in [1.29, 1.82) is 0 Å². The van der Waals surface area contributed by atoms with Crippen molar-refractivity contribution in [2.24, 2.45) is 0 Å². The highest BCUT2D eigenvalue weighted by molar-refractivity contribution is 6.11. The molecule has 31 heavy (non-hydrogen) atoms. The molecule has 0 bridgehead atoms. The number of aromatic nitrogens is 1. The number of rotatable bonds is 2. The van der Waals surface area contributed by atoms with Gasteiger partial charge in [0.1, 0.15) is 36.8 Å². The van der Waals surface area contributed by atoms with Crippen LogP contribution in [0.15, 0.2) is 48.7 Å². The third-order valence-electron chi connectivity index (χ3n) is 6.30. The van der Waals surface area contributed by atoms with Crippen LogP contribution in [0.4, 0.5) is 10.1 Å². The number of amides is 1. The fraction of sp³-hybridized carbons (Fsp3) is 0.250. The maximum Gasteiger partial charge on any atom is 0.246 e. The molecule has 7 heteroatoms. The number of benzene rings is 2. The number of para-hydroxylation sites is 1. The van der Waals surface area contributed by atoms with E-state index in [0.717, 1.165) is 11.3 Å². The Bertz CT molecular complexity index is 1240. The molecule has 2 aromatic carbocycles. The molecule has 1 unspecified atom stereocenters. The molecule has 1 aromatic heterocycles. The Kier molecular flexibility index (Phi) is 3.78. The van der Waals surface area contributed by atoms with Crippen LogP contribution in [0.2, 0.25) is 0 Å². The van der Waals surface area contributed by atoms with Gasteiger partial charge in [-0.1, -0.05) is 18.2 Å². The van der Waals surface area contributed by atoms with Crippen LogP contribution < -0.4 is 19.1 Å². The van der Waals surface area contributed by atoms with E-state index >= 15 is 4.39 Å². The Labute approximate surface area is 178 Å². The van der Waals surface area contributed by atoms with E-state index in [-0.39, 0.29) is 24.7 Å². The van der Waals surface area contributed by atoms with Crippen LogP contribution in [0.3, 0.4) is 0 Å². The van der Waals surface area contributed by atoms with Crippen LogP contribution in [0.1, 0.15) is 22.4 Å². The first kappa shape index (κ1) is 18.2. The molecule has 0 N–H and O–H groups in total. The minimum absolute atomic E-state index is 0.0955. The number of pyridine rings is 1. The van der Waals surface area contributed by atoms with Crippen LogP contribution in [0.25, 0.3) is 0 Å². The van der Waals surface area contributed by atoms with Crippen molar-refractivity contribution in [3.05, 3.63) is 76.9 Å². The van der Waals surface area contributed by atoms with Crippen molar-refractivity contribution < 1.29 is 23.4 Å². The Morgan fingerprint density at radius 2 is 1.84 bits per heavy atom. The number of halogens is 1. The van der Waals surface area contributed by atoms with Gasteiger partial charge in [0.2, 0.25) is 5.91 Å². The van der Waals surface area contributed by atoms with E-state index in [1.54, 1.807) is 30.5 Å². The summed E-state index contributed by atoms with van der Waals surface area (Å²) >= 11 is 0. The first-order valence-corrected chi connectivity index (χ1v) is 10.2. The van der Waals surface area contributed by atoms with E-state index in [1.165, 1.54) is 11.0 Å². The number of fused-ring (bicyclic) bond motifs is 5. The summed E-state index contributed by atoms with van der Waals surface area (Å²) in [6, 6.07) is 12.1. The molecule has 3 aliphatic heterocycles. The quantitative estimate of drug-likeness (QED) is 0.637. The third kappa shape index (κ3) is 2.43. The van der Waals surface area contributed by atoms with E-state index in [9.17, 15) is 4.79 Å². The lowest BCUT2D eigenvalue weighted by Crippen LogP contribution is -2.42. The summed E-state index contributed by atoms with van der Waals surface area (Å²) in [5.41, 5.74) is 2.09. The maximum atomic E-state index is 15.1. The average molecular weight is 418 g/mol. The summed E-state index contributed by atoms with van der Waals surface area (Å²) in [5, 5.41) is 0. The fourth-order valence-electron chi connectivity index (χ4n) is 4.75. The number of anilines is 1. The van der Waals surface area contributed by atoms with Crippen molar-refractivity contribution in [2.45, 2.75) is 18.9 Å². The van der Waals surface area contributed by atoms with Gasteiger partial charge >= 0.3 is 0 Å². The summed E-state index contributed by atoms with van der Waals surface area (Å²) in [7, 11) is 0. The standard InChI is InChI=1S/C24H19FN2O4/c1-14-4-3-7-26-18(14)12-27-22-15(5-2-6-17(22)25)24(23(27)28)13-31-19-11-21-20(10-16(19)24)29-8-9-30-21/h2-7,10-11H,8-9,12-13H2,1H3. The Hall–Kier alpha value is -3.61. The van der Waals surface area contributed by atoms with Crippen LogP contribution >= 0.6 is 0 Å². The van der Waals surface area contributed by atoms with Crippen molar-refractivity contribution in [3.8, 4) is 17.2 Å². The minimum Gasteiger partial charge on any atom is -0.491 e. The van der Waals surface area contributed by atoms with Crippen LogP contribution in [0.5, 0.6) is 17.2 Å². The van der Waals surface area contributed by atoms with Crippen molar-refractivity contribution in [1.82, 2.24) is 4.98 Å². The van der Waals surface area contributed by atoms with E-state index in [0.29, 0.717) is 41.6 Å². The van der Waals surface area contributed by atoms with E-state index in [2.05, 4.69) is 4.98 Å². The molecule has 1 spiro atoms. The van der Waals surface area contributed by atoms with Crippen molar-refractivity contribution in [3.63, 3.8) is 0 Å². The van der Waals surface area contributed by atoms with Crippen molar-refractivity contribution in [2.75, 3.05) is 24.7 Å². The van der Waals surface area contributed by atoms with E-state index < -0.39 is 11.2 Å². The number of nitrogens with zero attached hydrogens (tertiary/aromatic N) is 2. The largest absolute Gasteiger partial charge is 0.491 e. The molecule has 3 aliphatic rings. The fourth-order valence-corrected chi connectivity index (χ4v) is 4.75. The maximum absolute atomic E-state index is 15.1. The molecular weight excluding hydrogens is 399 g/mol. The number of carbonyl (C=O) groups is 1. The molecule has 4 heterocycles. The van der Waals surface area contributed by atoms with Gasteiger partial charge in [0.15, 0.2) is 11.5 Å². The normalized spacial score (nSPS) is 20.6. The van der Waals surface area contributed by atoms with Crippen LogP contribution in [-0.2, 0) is 16.8 Å². The zero-order valence-electron chi connectivity index (χ0n) is 16.9. The second-order valence-corrected chi connectivity index (χ2v) is 7.98. The lowest BCUT2D eigenvalue weighted by atomic mass is 9.77. The predicted molar refractivity (Wildman–Crippen MR) is 110 cm³/mol. The molecule has 1 amide bonds. The molecule has 1 atom stereocenters. The molecular formula is C24H19FN2O4. The van der Waals surface area contributed by atoms with Gasteiger partial charge in [0, 0.05) is 23.4 Å². The number of ether oxygens (including phenoxy) is 3. The summed E-state index contributed by atoms with van der Waals surface area (Å²) in [5.74, 6) is 1.05. The Balaban J connectivity index is 1.53. The lowest BCUT2D eigenvalue weighted by Gasteiger charge is -2.24. The highest BCUT2D eigenvalue weighted by atomic mass is 19.1. The smallest absolute Gasteiger partial charge is 0.246 e. The van der Waals surface area contributed by atoms with E-state index in [1.807, 2.05) is 19.1 Å². The SMILES string of the molecule is Cc1cccnc1CN1C(=O)C2(COc3cc4c(cc32)OCCO4)c2cccc(F)c21. The van der Waals surface area contributed by atoms with Crippen LogP contribution in [-0.4, -0.2) is 30.7 Å². The molecule has 0 radical (unpaired) electrons. The monoisotopic (exact) mass is 418 g/mol. The molecule has 0 saturated heterocycles. The molecule has 0 aliphatic carbocycles. The zero-order chi connectivity index (χ0) is 21.2. The average Bonchev–Trinajstić information content (AvgIpc) is 3.26. The number of carbonyl (C=O) groups excluding carboxylic acids is 1. The third-order valence-corrected chi connectivity index (χ3v) is 6.30. The van der Waals surface area contributed by atoms with Gasteiger partial charge in [-0.15, -0.1) is 0 Å². The Morgan fingerprint density at radius 3 is 2.65 bits per heavy atom.